The van der Waals surface area contributed by atoms with Crippen LogP contribution in [0.25, 0.3) is 0 Å². The molecule has 1 amide bonds. The van der Waals surface area contributed by atoms with Crippen molar-refractivity contribution in [2.24, 2.45) is 0 Å². The van der Waals surface area contributed by atoms with Crippen LogP contribution in [0, 0.1) is 6.92 Å². The lowest BCUT2D eigenvalue weighted by Crippen LogP contribution is -2.14. The molecule has 0 fully saturated rings. The van der Waals surface area contributed by atoms with Crippen LogP contribution in [-0.2, 0) is 14.8 Å². The smallest absolute Gasteiger partial charge is 0.234 e. The van der Waals surface area contributed by atoms with Gasteiger partial charge in [-0.05, 0) is 37.3 Å². The molecule has 0 aliphatic heterocycles. The van der Waals surface area contributed by atoms with Crippen LogP contribution in [-0.4, -0.2) is 26.3 Å². The van der Waals surface area contributed by atoms with Crippen LogP contribution in [0.2, 0.25) is 0 Å². The topological polar surface area (TPSA) is 75.3 Å². The summed E-state index contributed by atoms with van der Waals surface area (Å²) in [6, 6.07) is 14.5. The van der Waals surface area contributed by atoms with Crippen LogP contribution >= 0.6 is 11.8 Å². The maximum Gasteiger partial charge on any atom is 0.234 e. The fourth-order valence-corrected chi connectivity index (χ4v) is 3.11. The Hall–Kier alpha value is -1.99. The largest absolute Gasteiger partial charge is 0.325 e. The van der Waals surface area contributed by atoms with Gasteiger partial charge in [-0.2, -0.15) is 0 Å². The number of carbonyl (C=O) groups excluding carboxylic acids is 1. The van der Waals surface area contributed by atoms with E-state index in [1.807, 2.05) is 31.2 Å². The Labute approximate surface area is 140 Å². The van der Waals surface area contributed by atoms with E-state index in [4.69, 9.17) is 0 Å². The molecule has 0 atom stereocenters. The van der Waals surface area contributed by atoms with Crippen molar-refractivity contribution in [3.63, 3.8) is 0 Å². The zero-order chi connectivity index (χ0) is 16.9. The first kappa shape index (κ1) is 17.4. The van der Waals surface area contributed by atoms with E-state index in [0.717, 1.165) is 11.2 Å². The van der Waals surface area contributed by atoms with E-state index in [-0.39, 0.29) is 11.7 Å². The molecule has 5 nitrogen and oxygen atoms in total. The molecule has 0 heterocycles. The summed E-state index contributed by atoms with van der Waals surface area (Å²) >= 11 is 1.45. The van der Waals surface area contributed by atoms with Gasteiger partial charge in [-0.15, -0.1) is 11.8 Å². The lowest BCUT2D eigenvalue weighted by molar-refractivity contribution is -0.113. The van der Waals surface area contributed by atoms with Crippen molar-refractivity contribution in [2.75, 3.05) is 22.0 Å². The molecule has 0 unspecified atom stereocenters. The molecule has 0 spiro atoms. The third-order valence-corrected chi connectivity index (χ3v) is 4.46. The predicted molar refractivity (Wildman–Crippen MR) is 95.4 cm³/mol. The molecule has 0 saturated heterocycles. The number of rotatable bonds is 6. The molecular weight excluding hydrogens is 332 g/mol. The maximum atomic E-state index is 12.0. The number of amides is 1. The van der Waals surface area contributed by atoms with Gasteiger partial charge in [0.15, 0.2) is 0 Å². The minimum atomic E-state index is -3.34. The number of hydrogen-bond acceptors (Lipinski definition) is 4. The summed E-state index contributed by atoms with van der Waals surface area (Å²) in [5, 5.41) is 2.76. The van der Waals surface area contributed by atoms with E-state index in [2.05, 4.69) is 10.0 Å². The van der Waals surface area contributed by atoms with E-state index in [1.54, 1.807) is 24.3 Å². The Morgan fingerprint density at radius 3 is 2.39 bits per heavy atom. The van der Waals surface area contributed by atoms with Crippen molar-refractivity contribution >= 4 is 39.1 Å². The molecule has 0 radical (unpaired) electrons. The van der Waals surface area contributed by atoms with Crippen LogP contribution in [0.15, 0.2) is 53.4 Å². The Morgan fingerprint density at radius 2 is 1.74 bits per heavy atom. The first-order valence-corrected chi connectivity index (χ1v) is 9.77. The molecule has 7 heteroatoms. The van der Waals surface area contributed by atoms with E-state index in [9.17, 15) is 13.2 Å². The quantitative estimate of drug-likeness (QED) is 0.785. The Balaban J connectivity index is 1.92. The van der Waals surface area contributed by atoms with Gasteiger partial charge in [0.25, 0.3) is 0 Å². The SMILES string of the molecule is Cc1ccc(SCC(=O)Nc2cccc(NS(C)(=O)=O)c2)cc1. The fraction of sp³-hybridized carbons (Fsp3) is 0.188. The van der Waals surface area contributed by atoms with Gasteiger partial charge in [-0.25, -0.2) is 8.42 Å². The molecule has 2 aromatic carbocycles. The summed E-state index contributed by atoms with van der Waals surface area (Å²) < 4.78 is 24.8. The van der Waals surface area contributed by atoms with Gasteiger partial charge >= 0.3 is 0 Å². The van der Waals surface area contributed by atoms with Gasteiger partial charge in [0.05, 0.1) is 17.7 Å². The van der Waals surface area contributed by atoms with Gasteiger partial charge in [0, 0.05) is 10.6 Å². The standard InChI is InChI=1S/C16H18N2O3S2/c1-12-6-8-15(9-7-12)22-11-16(19)17-13-4-3-5-14(10-13)18-23(2,20)21/h3-10,18H,11H2,1-2H3,(H,17,19). The molecule has 0 saturated carbocycles. The van der Waals surface area contributed by atoms with Gasteiger partial charge in [-0.1, -0.05) is 23.8 Å². The second kappa shape index (κ2) is 7.52. The van der Waals surface area contributed by atoms with Crippen LogP contribution in [0.4, 0.5) is 11.4 Å². The summed E-state index contributed by atoms with van der Waals surface area (Å²) in [5.74, 6) is 0.138. The first-order chi connectivity index (χ1) is 10.8. The van der Waals surface area contributed by atoms with Crippen LogP contribution in [0.5, 0.6) is 0 Å². The first-order valence-electron chi connectivity index (χ1n) is 6.89. The molecule has 0 aromatic heterocycles. The average Bonchev–Trinajstić information content (AvgIpc) is 2.45. The zero-order valence-electron chi connectivity index (χ0n) is 12.9. The van der Waals surface area contributed by atoms with Crippen LogP contribution in [0.3, 0.4) is 0 Å². The Bertz CT molecular complexity index is 787. The molecule has 2 rings (SSSR count). The normalized spacial score (nSPS) is 11.0. The molecule has 0 bridgehead atoms. The number of aryl methyl sites for hydroxylation is 1. The van der Waals surface area contributed by atoms with Gasteiger partial charge < -0.3 is 5.32 Å². The maximum absolute atomic E-state index is 12.0. The minimum Gasteiger partial charge on any atom is -0.325 e. The molecule has 2 N–H and O–H groups in total. The highest BCUT2D eigenvalue weighted by atomic mass is 32.2. The second-order valence-electron chi connectivity index (χ2n) is 5.10. The predicted octanol–water partition coefficient (Wildman–Crippen LogP) is 3.10. The molecule has 23 heavy (non-hydrogen) atoms. The molecule has 0 aliphatic rings. The Kier molecular flexibility index (Phi) is 5.68. The minimum absolute atomic E-state index is 0.146. The number of nitrogens with one attached hydrogen (secondary N) is 2. The van der Waals surface area contributed by atoms with Crippen molar-refractivity contribution in [2.45, 2.75) is 11.8 Å². The number of anilines is 2. The highest BCUT2D eigenvalue weighted by Crippen LogP contribution is 2.20. The summed E-state index contributed by atoms with van der Waals surface area (Å²) in [5.41, 5.74) is 2.14. The highest BCUT2D eigenvalue weighted by Gasteiger charge is 2.06. The molecule has 2 aromatic rings. The Morgan fingerprint density at radius 1 is 1.09 bits per heavy atom. The van der Waals surface area contributed by atoms with E-state index in [1.165, 1.54) is 17.3 Å². The number of thioether (sulfide) groups is 1. The van der Waals surface area contributed by atoms with Crippen molar-refractivity contribution in [3.05, 3.63) is 54.1 Å². The number of sulfonamides is 1. The van der Waals surface area contributed by atoms with Crippen molar-refractivity contribution in [1.29, 1.82) is 0 Å². The van der Waals surface area contributed by atoms with E-state index in [0.29, 0.717) is 11.4 Å². The highest BCUT2D eigenvalue weighted by molar-refractivity contribution is 8.00. The summed E-state index contributed by atoms with van der Waals surface area (Å²) in [6.07, 6.45) is 1.08. The molecular formula is C16H18N2O3S2. The third-order valence-electron chi connectivity index (χ3n) is 2.84. The summed E-state index contributed by atoms with van der Waals surface area (Å²) in [7, 11) is -3.34. The second-order valence-corrected chi connectivity index (χ2v) is 7.90. The average molecular weight is 350 g/mol. The van der Waals surface area contributed by atoms with Crippen molar-refractivity contribution in [1.82, 2.24) is 0 Å². The fourth-order valence-electron chi connectivity index (χ4n) is 1.85. The third kappa shape index (κ3) is 6.33. The van der Waals surface area contributed by atoms with E-state index < -0.39 is 10.0 Å². The number of benzene rings is 2. The summed E-state index contributed by atoms with van der Waals surface area (Å²) in [6.45, 7) is 2.01. The van der Waals surface area contributed by atoms with Gasteiger partial charge in [-0.3, -0.25) is 9.52 Å². The van der Waals surface area contributed by atoms with Crippen LogP contribution < -0.4 is 10.0 Å². The lowest BCUT2D eigenvalue weighted by atomic mass is 10.2. The lowest BCUT2D eigenvalue weighted by Gasteiger charge is -2.08. The monoisotopic (exact) mass is 350 g/mol. The van der Waals surface area contributed by atoms with E-state index >= 15 is 0 Å². The van der Waals surface area contributed by atoms with Gasteiger partial charge in [0.1, 0.15) is 0 Å². The molecule has 122 valence electrons. The van der Waals surface area contributed by atoms with Crippen molar-refractivity contribution in [3.8, 4) is 0 Å². The van der Waals surface area contributed by atoms with Crippen LogP contribution in [0.1, 0.15) is 5.56 Å². The molecule has 0 aliphatic carbocycles. The van der Waals surface area contributed by atoms with Gasteiger partial charge in [0.2, 0.25) is 15.9 Å². The van der Waals surface area contributed by atoms with Crippen molar-refractivity contribution < 1.29 is 13.2 Å². The number of hydrogen-bond donors (Lipinski definition) is 2. The number of carbonyl (C=O) groups is 1. The zero-order valence-corrected chi connectivity index (χ0v) is 14.5. The summed E-state index contributed by atoms with van der Waals surface area (Å²) in [4.78, 5) is 13.0.